The lowest BCUT2D eigenvalue weighted by Gasteiger charge is -2.16. The van der Waals surface area contributed by atoms with Crippen molar-refractivity contribution in [2.75, 3.05) is 0 Å². The van der Waals surface area contributed by atoms with Crippen molar-refractivity contribution in [3.05, 3.63) is 60.2 Å². The van der Waals surface area contributed by atoms with E-state index < -0.39 is 18.1 Å². The molecule has 2 N–H and O–H groups in total. The van der Waals surface area contributed by atoms with E-state index in [9.17, 15) is 9.59 Å². The molecule has 1 amide bonds. The fourth-order valence-electron chi connectivity index (χ4n) is 1.80. The van der Waals surface area contributed by atoms with Crippen LogP contribution >= 0.6 is 0 Å². The summed E-state index contributed by atoms with van der Waals surface area (Å²) in [5, 5.41) is 11.4. The van der Waals surface area contributed by atoms with Crippen LogP contribution in [-0.2, 0) is 16.1 Å². The van der Waals surface area contributed by atoms with Crippen LogP contribution in [0.2, 0.25) is 0 Å². The molecule has 1 aromatic carbocycles. The van der Waals surface area contributed by atoms with Gasteiger partial charge in [0.1, 0.15) is 6.61 Å². The van der Waals surface area contributed by atoms with Crippen LogP contribution in [0.1, 0.15) is 23.7 Å². The van der Waals surface area contributed by atoms with Gasteiger partial charge in [0, 0.05) is 12.4 Å². The molecule has 0 bridgehead atoms. The Morgan fingerprint density at radius 2 is 2.00 bits per heavy atom. The van der Waals surface area contributed by atoms with E-state index in [1.54, 1.807) is 0 Å². The number of carboxylic acids is 1. The van der Waals surface area contributed by atoms with Gasteiger partial charge < -0.3 is 15.2 Å². The molecule has 0 saturated heterocycles. The molecule has 2 rings (SSSR count). The predicted octanol–water partition coefficient (Wildman–Crippen LogP) is 1.92. The van der Waals surface area contributed by atoms with E-state index in [0.29, 0.717) is 5.69 Å². The number of hydrogen-bond acceptors (Lipinski definition) is 5. The maximum atomic E-state index is 11.8. The van der Waals surface area contributed by atoms with Crippen molar-refractivity contribution in [3.8, 4) is 0 Å². The molecule has 1 atom stereocenters. The highest BCUT2D eigenvalue weighted by molar-refractivity contribution is 5.71. The molecule has 0 fully saturated rings. The number of carbonyl (C=O) groups excluding carboxylic acids is 1. The standard InChI is InChI=1S/C15H15N3O4/c19-14(20)8-12(13-9-16-6-7-17-13)18-15(21)22-10-11-4-2-1-3-5-11/h1-7,9,12H,8,10H2,(H,18,21)(H,19,20). The van der Waals surface area contributed by atoms with Crippen LogP contribution < -0.4 is 5.32 Å². The number of benzene rings is 1. The van der Waals surface area contributed by atoms with Gasteiger partial charge in [-0.3, -0.25) is 14.8 Å². The molecular formula is C15H15N3O4. The van der Waals surface area contributed by atoms with Gasteiger partial charge in [-0.1, -0.05) is 30.3 Å². The van der Waals surface area contributed by atoms with Gasteiger partial charge in [0.05, 0.1) is 24.4 Å². The zero-order valence-electron chi connectivity index (χ0n) is 11.7. The minimum Gasteiger partial charge on any atom is -0.481 e. The van der Waals surface area contributed by atoms with Gasteiger partial charge in [0.2, 0.25) is 0 Å². The van der Waals surface area contributed by atoms with Crippen molar-refractivity contribution in [2.45, 2.75) is 19.1 Å². The first-order valence-electron chi connectivity index (χ1n) is 6.60. The van der Waals surface area contributed by atoms with E-state index in [0.717, 1.165) is 5.56 Å². The molecule has 2 aromatic rings. The summed E-state index contributed by atoms with van der Waals surface area (Å²) in [5.41, 5.74) is 1.20. The Labute approximate surface area is 127 Å². The summed E-state index contributed by atoms with van der Waals surface area (Å²) < 4.78 is 5.07. The minimum atomic E-state index is -1.06. The number of carboxylic acid groups (broad SMARTS) is 1. The lowest BCUT2D eigenvalue weighted by atomic mass is 10.1. The molecule has 1 heterocycles. The average Bonchev–Trinajstić information content (AvgIpc) is 2.54. The molecule has 114 valence electrons. The SMILES string of the molecule is O=C(O)CC(NC(=O)OCc1ccccc1)c1cnccn1. The second kappa shape index (κ2) is 7.72. The Morgan fingerprint density at radius 3 is 2.64 bits per heavy atom. The molecule has 0 radical (unpaired) electrons. The van der Waals surface area contributed by atoms with Gasteiger partial charge in [-0.15, -0.1) is 0 Å². The molecule has 7 nitrogen and oxygen atoms in total. The van der Waals surface area contributed by atoms with E-state index in [4.69, 9.17) is 9.84 Å². The topological polar surface area (TPSA) is 101 Å². The maximum absolute atomic E-state index is 11.8. The van der Waals surface area contributed by atoms with E-state index >= 15 is 0 Å². The van der Waals surface area contributed by atoms with Crippen LogP contribution in [0.4, 0.5) is 4.79 Å². The van der Waals surface area contributed by atoms with Gasteiger partial charge >= 0.3 is 12.1 Å². The number of rotatable bonds is 6. The zero-order valence-corrected chi connectivity index (χ0v) is 11.7. The van der Waals surface area contributed by atoms with Gasteiger partial charge in [0.25, 0.3) is 0 Å². The van der Waals surface area contributed by atoms with Crippen molar-refractivity contribution < 1.29 is 19.4 Å². The lowest BCUT2D eigenvalue weighted by molar-refractivity contribution is -0.137. The van der Waals surface area contributed by atoms with Crippen LogP contribution in [0, 0.1) is 0 Å². The number of ether oxygens (including phenoxy) is 1. The second-order valence-corrected chi connectivity index (χ2v) is 4.49. The fourth-order valence-corrected chi connectivity index (χ4v) is 1.80. The molecule has 0 aliphatic heterocycles. The van der Waals surface area contributed by atoms with Crippen LogP contribution in [0.3, 0.4) is 0 Å². The Hall–Kier alpha value is -2.96. The third-order valence-electron chi connectivity index (χ3n) is 2.82. The van der Waals surface area contributed by atoms with Crippen molar-refractivity contribution in [1.29, 1.82) is 0 Å². The van der Waals surface area contributed by atoms with Crippen LogP contribution in [-0.4, -0.2) is 27.1 Å². The zero-order chi connectivity index (χ0) is 15.8. The summed E-state index contributed by atoms with van der Waals surface area (Å²) >= 11 is 0. The monoisotopic (exact) mass is 301 g/mol. The number of amides is 1. The molecule has 0 spiro atoms. The Bertz CT molecular complexity index is 619. The third kappa shape index (κ3) is 4.86. The van der Waals surface area contributed by atoms with Crippen LogP contribution in [0.15, 0.2) is 48.9 Å². The molecule has 0 aliphatic carbocycles. The highest BCUT2D eigenvalue weighted by Gasteiger charge is 2.20. The third-order valence-corrected chi connectivity index (χ3v) is 2.82. The highest BCUT2D eigenvalue weighted by Crippen LogP contribution is 2.13. The molecule has 0 saturated carbocycles. The minimum absolute atomic E-state index is 0.104. The predicted molar refractivity (Wildman–Crippen MR) is 76.8 cm³/mol. The fraction of sp³-hybridized carbons (Fsp3) is 0.200. The number of aromatic nitrogens is 2. The number of hydrogen-bond donors (Lipinski definition) is 2. The first-order chi connectivity index (χ1) is 10.6. The quantitative estimate of drug-likeness (QED) is 0.845. The summed E-state index contributed by atoms with van der Waals surface area (Å²) in [4.78, 5) is 30.6. The maximum Gasteiger partial charge on any atom is 0.408 e. The van der Waals surface area contributed by atoms with Crippen molar-refractivity contribution in [3.63, 3.8) is 0 Å². The number of alkyl carbamates (subject to hydrolysis) is 1. The summed E-state index contributed by atoms with van der Waals surface area (Å²) in [5.74, 6) is -1.06. The number of aliphatic carboxylic acids is 1. The summed E-state index contributed by atoms with van der Waals surface area (Å²) in [6, 6.07) is 8.39. The van der Waals surface area contributed by atoms with E-state index in [-0.39, 0.29) is 13.0 Å². The van der Waals surface area contributed by atoms with E-state index in [1.165, 1.54) is 18.6 Å². The smallest absolute Gasteiger partial charge is 0.408 e. The summed E-state index contributed by atoms with van der Waals surface area (Å²) in [6.45, 7) is 0.104. The lowest BCUT2D eigenvalue weighted by Crippen LogP contribution is -2.31. The molecular weight excluding hydrogens is 286 g/mol. The van der Waals surface area contributed by atoms with Crippen LogP contribution in [0.25, 0.3) is 0 Å². The number of carbonyl (C=O) groups is 2. The average molecular weight is 301 g/mol. The van der Waals surface area contributed by atoms with Crippen molar-refractivity contribution in [2.24, 2.45) is 0 Å². The molecule has 1 unspecified atom stereocenters. The Morgan fingerprint density at radius 1 is 1.23 bits per heavy atom. The van der Waals surface area contributed by atoms with Crippen molar-refractivity contribution in [1.82, 2.24) is 15.3 Å². The Kier molecular flexibility index (Phi) is 5.42. The molecule has 22 heavy (non-hydrogen) atoms. The normalized spacial score (nSPS) is 11.5. The molecule has 0 aliphatic rings. The first kappa shape index (κ1) is 15.4. The van der Waals surface area contributed by atoms with Gasteiger partial charge in [-0.25, -0.2) is 4.79 Å². The number of nitrogens with zero attached hydrogens (tertiary/aromatic N) is 2. The van der Waals surface area contributed by atoms with Gasteiger partial charge in [0.15, 0.2) is 0 Å². The second-order valence-electron chi connectivity index (χ2n) is 4.49. The molecule has 1 aromatic heterocycles. The highest BCUT2D eigenvalue weighted by atomic mass is 16.5. The molecule has 7 heteroatoms. The van der Waals surface area contributed by atoms with Crippen LogP contribution in [0.5, 0.6) is 0 Å². The Balaban J connectivity index is 1.95. The van der Waals surface area contributed by atoms with Crippen molar-refractivity contribution >= 4 is 12.1 Å². The van der Waals surface area contributed by atoms with Gasteiger partial charge in [-0.2, -0.15) is 0 Å². The summed E-state index contributed by atoms with van der Waals surface area (Å²) in [6.07, 6.45) is 3.29. The van der Waals surface area contributed by atoms with E-state index in [1.807, 2.05) is 30.3 Å². The van der Waals surface area contributed by atoms with Gasteiger partial charge in [-0.05, 0) is 5.56 Å². The summed E-state index contributed by atoms with van der Waals surface area (Å²) in [7, 11) is 0. The largest absolute Gasteiger partial charge is 0.481 e. The number of nitrogens with one attached hydrogen (secondary N) is 1. The first-order valence-corrected chi connectivity index (χ1v) is 6.60. The van der Waals surface area contributed by atoms with E-state index in [2.05, 4.69) is 15.3 Å².